The van der Waals surface area contributed by atoms with Crippen molar-refractivity contribution in [1.29, 1.82) is 0 Å². The fraction of sp³-hybridized carbons (Fsp3) is 0. The Kier molecular flexibility index (Phi) is 3.40. The van der Waals surface area contributed by atoms with Gasteiger partial charge in [0.1, 0.15) is 10.7 Å². The minimum atomic E-state index is -0.600. The number of thiophene rings is 1. The van der Waals surface area contributed by atoms with Gasteiger partial charge in [0.15, 0.2) is 5.13 Å². The molecule has 0 spiro atoms. The van der Waals surface area contributed by atoms with Crippen molar-refractivity contribution in [3.63, 3.8) is 0 Å². The van der Waals surface area contributed by atoms with Gasteiger partial charge in [0.05, 0.1) is 11.1 Å². The Morgan fingerprint density at radius 2 is 2.05 bits per heavy atom. The van der Waals surface area contributed by atoms with Crippen LogP contribution in [0.5, 0.6) is 0 Å². The van der Waals surface area contributed by atoms with Crippen molar-refractivity contribution in [2.75, 3.05) is 5.32 Å². The first-order valence-corrected chi connectivity index (χ1v) is 7.43. The average molecular weight is 321 g/mol. The number of halogens is 1. The second kappa shape index (κ2) is 5.23. The minimum absolute atomic E-state index is 0.257. The number of hydrogen-bond acceptors (Lipinski definition) is 5. The molecule has 3 N–H and O–H groups in total. The Morgan fingerprint density at radius 1 is 1.24 bits per heavy atom. The summed E-state index contributed by atoms with van der Waals surface area (Å²) in [4.78, 5) is 27.6. The van der Waals surface area contributed by atoms with E-state index < -0.39 is 11.8 Å². The number of primary amides is 1. The second-order valence-electron chi connectivity index (χ2n) is 4.11. The van der Waals surface area contributed by atoms with E-state index in [0.717, 1.165) is 11.3 Å². The zero-order valence-corrected chi connectivity index (χ0v) is 12.1. The monoisotopic (exact) mass is 321 g/mol. The van der Waals surface area contributed by atoms with Gasteiger partial charge in [-0.3, -0.25) is 14.9 Å². The van der Waals surface area contributed by atoms with E-state index in [9.17, 15) is 14.0 Å². The predicted octanol–water partition coefficient (Wildman–Crippen LogP) is 2.85. The van der Waals surface area contributed by atoms with Gasteiger partial charge in [-0.15, -0.1) is 11.3 Å². The van der Waals surface area contributed by atoms with E-state index in [-0.39, 0.29) is 15.8 Å². The summed E-state index contributed by atoms with van der Waals surface area (Å²) >= 11 is 2.17. The molecule has 0 aliphatic rings. The van der Waals surface area contributed by atoms with E-state index in [0.29, 0.717) is 15.0 Å². The highest BCUT2D eigenvalue weighted by atomic mass is 32.1. The third-order valence-electron chi connectivity index (χ3n) is 2.70. The molecule has 0 aliphatic carbocycles. The molecule has 1 aromatic carbocycles. The molecule has 0 unspecified atom stereocenters. The number of hydrogen-bond donors (Lipinski definition) is 2. The molecule has 0 aliphatic heterocycles. The van der Waals surface area contributed by atoms with Gasteiger partial charge in [-0.1, -0.05) is 17.4 Å². The molecule has 8 heteroatoms. The van der Waals surface area contributed by atoms with Gasteiger partial charge in [0.2, 0.25) is 0 Å². The normalized spacial score (nSPS) is 10.7. The van der Waals surface area contributed by atoms with Crippen LogP contribution in [0.4, 0.5) is 9.52 Å². The molecular formula is C13H8FN3O2S2. The fourth-order valence-electron chi connectivity index (χ4n) is 1.74. The van der Waals surface area contributed by atoms with Gasteiger partial charge in [-0.05, 0) is 18.2 Å². The van der Waals surface area contributed by atoms with E-state index in [1.165, 1.54) is 29.7 Å². The number of amides is 2. The number of thiazole rings is 1. The Morgan fingerprint density at radius 3 is 2.71 bits per heavy atom. The summed E-state index contributed by atoms with van der Waals surface area (Å²) in [6.45, 7) is 0. The number of nitrogens with one attached hydrogen (secondary N) is 1. The third kappa shape index (κ3) is 2.63. The number of nitrogens with two attached hydrogens (primary N) is 1. The summed E-state index contributed by atoms with van der Waals surface area (Å²) in [5, 5.41) is 3.24. The lowest BCUT2D eigenvalue weighted by Crippen LogP contribution is -2.09. The quantitative estimate of drug-likeness (QED) is 0.778. The lowest BCUT2D eigenvalue weighted by molar-refractivity contribution is 0.100. The van der Waals surface area contributed by atoms with Gasteiger partial charge < -0.3 is 5.73 Å². The summed E-state index contributed by atoms with van der Waals surface area (Å²) in [6.07, 6.45) is 1.30. The van der Waals surface area contributed by atoms with Gasteiger partial charge in [0.25, 0.3) is 11.8 Å². The first kappa shape index (κ1) is 13.7. The maximum atomic E-state index is 13.6. The highest BCUT2D eigenvalue weighted by Crippen LogP contribution is 2.28. The van der Waals surface area contributed by atoms with Crippen molar-refractivity contribution < 1.29 is 14.0 Å². The zero-order chi connectivity index (χ0) is 15.0. The maximum absolute atomic E-state index is 13.6. The Balaban J connectivity index is 1.86. The summed E-state index contributed by atoms with van der Waals surface area (Å²) in [6, 6.07) is 6.17. The number of carbonyl (C=O) groups excluding carboxylic acids is 2. The van der Waals surface area contributed by atoms with Crippen LogP contribution in [0.3, 0.4) is 0 Å². The Labute approximate surface area is 126 Å². The second-order valence-corrected chi connectivity index (χ2v) is 6.22. The molecule has 3 aromatic rings. The molecule has 2 aromatic heterocycles. The van der Waals surface area contributed by atoms with Crippen molar-refractivity contribution in [2.24, 2.45) is 5.73 Å². The Bertz CT molecular complexity index is 856. The molecule has 0 bridgehead atoms. The molecule has 5 nitrogen and oxygen atoms in total. The first-order chi connectivity index (χ1) is 10.0. The van der Waals surface area contributed by atoms with Crippen LogP contribution < -0.4 is 11.1 Å². The molecule has 0 radical (unpaired) electrons. The lowest BCUT2D eigenvalue weighted by Gasteiger charge is -1.97. The van der Waals surface area contributed by atoms with Crippen molar-refractivity contribution in [1.82, 2.24) is 4.98 Å². The summed E-state index contributed by atoms with van der Waals surface area (Å²) in [7, 11) is 0. The van der Waals surface area contributed by atoms with Crippen molar-refractivity contribution in [3.05, 3.63) is 46.0 Å². The van der Waals surface area contributed by atoms with E-state index in [2.05, 4.69) is 10.3 Å². The van der Waals surface area contributed by atoms with Crippen LogP contribution in [0.1, 0.15) is 19.3 Å². The average Bonchev–Trinajstić information content (AvgIpc) is 3.05. The molecule has 0 saturated heterocycles. The molecule has 0 atom stereocenters. The van der Waals surface area contributed by atoms with E-state index >= 15 is 0 Å². The van der Waals surface area contributed by atoms with Gasteiger partial charge in [-0.2, -0.15) is 0 Å². The highest BCUT2D eigenvalue weighted by Gasteiger charge is 2.15. The Hall–Kier alpha value is -2.32. The number of fused-ring (bicyclic) bond motifs is 1. The molecule has 21 heavy (non-hydrogen) atoms. The third-order valence-corrected chi connectivity index (χ3v) is 4.73. The zero-order valence-electron chi connectivity index (χ0n) is 10.4. The van der Waals surface area contributed by atoms with Crippen LogP contribution in [-0.2, 0) is 0 Å². The predicted molar refractivity (Wildman–Crippen MR) is 80.4 cm³/mol. The van der Waals surface area contributed by atoms with Crippen LogP contribution in [0.15, 0.2) is 30.5 Å². The smallest absolute Gasteiger partial charge is 0.267 e. The van der Waals surface area contributed by atoms with Crippen molar-refractivity contribution in [2.45, 2.75) is 0 Å². The van der Waals surface area contributed by atoms with E-state index in [1.807, 2.05) is 0 Å². The van der Waals surface area contributed by atoms with E-state index in [1.54, 1.807) is 12.1 Å². The molecule has 106 valence electrons. The number of benzene rings is 1. The van der Waals surface area contributed by atoms with Crippen LogP contribution in [0.2, 0.25) is 0 Å². The van der Waals surface area contributed by atoms with Gasteiger partial charge >= 0.3 is 0 Å². The van der Waals surface area contributed by atoms with Crippen LogP contribution in [0, 0.1) is 5.82 Å². The molecule has 0 saturated carbocycles. The molecular weight excluding hydrogens is 313 g/mol. The van der Waals surface area contributed by atoms with Crippen LogP contribution in [0.25, 0.3) is 10.1 Å². The number of rotatable bonds is 3. The molecule has 0 fully saturated rings. The fourth-order valence-corrected chi connectivity index (χ4v) is 3.38. The SMILES string of the molecule is NC(=O)c1cnc(NC(=O)c2cc3c(F)cccc3s2)s1. The number of nitrogens with zero attached hydrogens (tertiary/aromatic N) is 1. The number of aromatic nitrogens is 1. The summed E-state index contributed by atoms with van der Waals surface area (Å²) < 4.78 is 14.3. The van der Waals surface area contributed by atoms with Crippen molar-refractivity contribution >= 4 is 49.7 Å². The number of anilines is 1. The van der Waals surface area contributed by atoms with Crippen molar-refractivity contribution in [3.8, 4) is 0 Å². The van der Waals surface area contributed by atoms with Gasteiger partial charge in [-0.25, -0.2) is 9.37 Å². The summed E-state index contributed by atoms with van der Waals surface area (Å²) in [5.74, 6) is -1.37. The maximum Gasteiger partial charge on any atom is 0.267 e. The molecule has 2 amide bonds. The molecule has 2 heterocycles. The standard InChI is InChI=1S/C13H8FN3O2S2/c14-7-2-1-3-8-6(7)4-9(20-8)12(19)17-13-16-5-10(21-13)11(15)18/h1-5H,(H2,15,18)(H,16,17,19). The topological polar surface area (TPSA) is 85.1 Å². The summed E-state index contributed by atoms with van der Waals surface area (Å²) in [5.41, 5.74) is 5.12. The minimum Gasteiger partial charge on any atom is -0.365 e. The highest BCUT2D eigenvalue weighted by molar-refractivity contribution is 7.21. The number of carbonyl (C=O) groups is 2. The lowest BCUT2D eigenvalue weighted by atomic mass is 10.2. The molecule has 3 rings (SSSR count). The first-order valence-electron chi connectivity index (χ1n) is 5.79. The van der Waals surface area contributed by atoms with Gasteiger partial charge in [0, 0.05) is 10.1 Å². The van der Waals surface area contributed by atoms with Crippen LogP contribution in [-0.4, -0.2) is 16.8 Å². The van der Waals surface area contributed by atoms with E-state index in [4.69, 9.17) is 5.73 Å². The largest absolute Gasteiger partial charge is 0.365 e. The van der Waals surface area contributed by atoms with Crippen LogP contribution >= 0.6 is 22.7 Å².